The summed E-state index contributed by atoms with van der Waals surface area (Å²) in [5, 5.41) is 0.413. The lowest BCUT2D eigenvalue weighted by Gasteiger charge is -2.46. The molecular weight excluding hydrogens is 571 g/mol. The van der Waals surface area contributed by atoms with Crippen molar-refractivity contribution in [2.75, 3.05) is 47.4 Å². The smallest absolute Gasteiger partial charge is 0.243 e. The van der Waals surface area contributed by atoms with Gasteiger partial charge >= 0.3 is 0 Å². The Bertz CT molecular complexity index is 1370. The summed E-state index contributed by atoms with van der Waals surface area (Å²) in [7, 11) is 4.51. The highest BCUT2D eigenvalue weighted by Gasteiger charge is 2.50. The Hall–Kier alpha value is -2.91. The molecule has 0 N–H and O–H groups in total. The highest BCUT2D eigenvalue weighted by molar-refractivity contribution is 6.32. The second-order valence-electron chi connectivity index (χ2n) is 10.8. The van der Waals surface area contributed by atoms with E-state index in [0.29, 0.717) is 51.1 Å². The lowest BCUT2D eigenvalue weighted by molar-refractivity contribution is -0.145. The van der Waals surface area contributed by atoms with Gasteiger partial charge in [0.2, 0.25) is 5.91 Å². The number of hydrogen-bond donors (Lipinski definition) is 0. The number of piperazine rings is 1. The van der Waals surface area contributed by atoms with Crippen molar-refractivity contribution in [1.29, 1.82) is 0 Å². The molecule has 5 rings (SSSR count). The van der Waals surface area contributed by atoms with Crippen molar-refractivity contribution in [3.05, 3.63) is 92.5 Å². The number of fused-ring (bicyclic) bond motifs is 1. The molecule has 1 heterocycles. The highest BCUT2D eigenvalue weighted by atomic mass is 35.5. The molecular formula is C31H33Cl2F2N3O3. The van der Waals surface area contributed by atoms with E-state index in [-0.39, 0.29) is 34.0 Å². The maximum atomic E-state index is 14.5. The Morgan fingerprint density at radius 1 is 0.878 bits per heavy atom. The van der Waals surface area contributed by atoms with E-state index in [0.717, 1.165) is 5.56 Å². The van der Waals surface area contributed by atoms with Gasteiger partial charge in [0.15, 0.2) is 23.1 Å². The van der Waals surface area contributed by atoms with Gasteiger partial charge < -0.3 is 14.4 Å². The van der Waals surface area contributed by atoms with E-state index >= 15 is 0 Å². The maximum Gasteiger partial charge on any atom is 0.243 e. The Morgan fingerprint density at radius 2 is 1.39 bits per heavy atom. The molecule has 218 valence electrons. The van der Waals surface area contributed by atoms with Crippen molar-refractivity contribution in [3.63, 3.8) is 0 Å². The molecule has 2 aliphatic rings. The molecule has 10 heteroatoms. The zero-order valence-electron chi connectivity index (χ0n) is 23.4. The van der Waals surface area contributed by atoms with Crippen LogP contribution in [0.15, 0.2) is 48.5 Å². The third-order valence-electron chi connectivity index (χ3n) is 8.16. The fourth-order valence-electron chi connectivity index (χ4n) is 6.20. The lowest BCUT2D eigenvalue weighted by Crippen LogP contribution is -2.64. The van der Waals surface area contributed by atoms with Crippen molar-refractivity contribution in [3.8, 4) is 11.5 Å². The summed E-state index contributed by atoms with van der Waals surface area (Å²) >= 11 is 12.4. The van der Waals surface area contributed by atoms with Gasteiger partial charge in [0.05, 0.1) is 24.3 Å². The van der Waals surface area contributed by atoms with Gasteiger partial charge in [-0.2, -0.15) is 0 Å². The number of ether oxygens (including phenoxy) is 2. The minimum absolute atomic E-state index is 0.00960. The quantitative estimate of drug-likeness (QED) is 0.335. The molecule has 1 amide bonds. The Balaban J connectivity index is 1.33. The molecule has 1 saturated heterocycles. The second-order valence-corrected chi connectivity index (χ2v) is 11.6. The van der Waals surface area contributed by atoms with E-state index < -0.39 is 17.2 Å². The van der Waals surface area contributed by atoms with Crippen LogP contribution in [-0.4, -0.2) is 73.6 Å². The first-order chi connectivity index (χ1) is 19.6. The van der Waals surface area contributed by atoms with Gasteiger partial charge in [-0.15, -0.1) is 0 Å². The zero-order valence-corrected chi connectivity index (χ0v) is 24.9. The third kappa shape index (κ3) is 5.89. The van der Waals surface area contributed by atoms with Gasteiger partial charge in [-0.05, 0) is 46.5 Å². The third-order valence-corrected chi connectivity index (χ3v) is 8.72. The molecule has 0 saturated carbocycles. The number of hydrogen-bond acceptors (Lipinski definition) is 5. The molecule has 41 heavy (non-hydrogen) atoms. The largest absolute Gasteiger partial charge is 0.492 e. The van der Waals surface area contributed by atoms with Crippen LogP contribution in [-0.2, 0) is 30.7 Å². The molecule has 1 aliphatic carbocycles. The van der Waals surface area contributed by atoms with E-state index in [4.69, 9.17) is 32.7 Å². The number of halogens is 4. The van der Waals surface area contributed by atoms with Gasteiger partial charge in [-0.1, -0.05) is 47.5 Å². The van der Waals surface area contributed by atoms with Crippen molar-refractivity contribution in [1.82, 2.24) is 14.7 Å². The minimum Gasteiger partial charge on any atom is -0.492 e. The zero-order chi connectivity index (χ0) is 29.3. The van der Waals surface area contributed by atoms with Crippen LogP contribution in [0, 0.1) is 11.6 Å². The predicted octanol–water partition coefficient (Wildman–Crippen LogP) is 5.60. The van der Waals surface area contributed by atoms with Gasteiger partial charge in [0.1, 0.15) is 5.54 Å². The number of rotatable bonds is 8. The van der Waals surface area contributed by atoms with Crippen LogP contribution in [0.25, 0.3) is 0 Å². The molecule has 0 atom stereocenters. The van der Waals surface area contributed by atoms with E-state index in [1.807, 2.05) is 12.1 Å². The van der Waals surface area contributed by atoms with Crippen molar-refractivity contribution in [2.24, 2.45) is 0 Å². The number of carbonyl (C=O) groups excluding carboxylic acids is 1. The Kier molecular flexibility index (Phi) is 8.76. The van der Waals surface area contributed by atoms with E-state index in [1.54, 1.807) is 24.1 Å². The molecule has 0 radical (unpaired) electrons. The van der Waals surface area contributed by atoms with Gasteiger partial charge in [-0.3, -0.25) is 14.6 Å². The molecule has 6 nitrogen and oxygen atoms in total. The SMILES string of the molecule is COc1c(F)cc(CN2CCN(C3(C(=O)N(C)Cc4cc(F)c(OC)c(Cl)c4)Cc4ccccc4C3)CC2)cc1Cl. The van der Waals surface area contributed by atoms with Crippen molar-refractivity contribution in [2.45, 2.75) is 31.5 Å². The first-order valence-electron chi connectivity index (χ1n) is 13.5. The number of carbonyl (C=O) groups is 1. The number of amides is 1. The normalized spacial score (nSPS) is 16.9. The number of likely N-dealkylation sites (N-methyl/N-ethyl adjacent to an activating group) is 1. The van der Waals surface area contributed by atoms with E-state index in [2.05, 4.69) is 21.9 Å². The summed E-state index contributed by atoms with van der Waals surface area (Å²) in [5.74, 6) is -1.02. The fraction of sp³-hybridized carbons (Fsp3) is 0.387. The average Bonchev–Trinajstić information content (AvgIpc) is 3.33. The van der Waals surface area contributed by atoms with Crippen LogP contribution in [0.3, 0.4) is 0 Å². The fourth-order valence-corrected chi connectivity index (χ4v) is 6.81. The number of benzene rings is 3. The van der Waals surface area contributed by atoms with Gasteiger partial charge in [0, 0.05) is 59.2 Å². The Morgan fingerprint density at radius 3 is 1.90 bits per heavy atom. The summed E-state index contributed by atoms with van der Waals surface area (Å²) in [5.41, 5.74) is 2.93. The average molecular weight is 605 g/mol. The minimum atomic E-state index is -0.755. The summed E-state index contributed by atoms with van der Waals surface area (Å²) in [6.07, 6.45) is 1.20. The van der Waals surface area contributed by atoms with Crippen LogP contribution in [0.2, 0.25) is 10.0 Å². The van der Waals surface area contributed by atoms with Crippen LogP contribution >= 0.6 is 23.2 Å². The summed E-state index contributed by atoms with van der Waals surface area (Å²) in [6, 6.07) is 14.4. The predicted molar refractivity (Wildman–Crippen MR) is 156 cm³/mol. The van der Waals surface area contributed by atoms with Crippen LogP contribution in [0.4, 0.5) is 8.78 Å². The summed E-state index contributed by atoms with van der Waals surface area (Å²) in [4.78, 5) is 20.5. The van der Waals surface area contributed by atoms with Gasteiger partial charge in [0.25, 0.3) is 0 Å². The summed E-state index contributed by atoms with van der Waals surface area (Å²) in [6.45, 7) is 3.51. The van der Waals surface area contributed by atoms with Crippen LogP contribution in [0.1, 0.15) is 22.3 Å². The van der Waals surface area contributed by atoms with Gasteiger partial charge in [-0.25, -0.2) is 8.78 Å². The first kappa shape index (κ1) is 29.6. The number of methoxy groups -OCH3 is 2. The van der Waals surface area contributed by atoms with Crippen LogP contribution in [0.5, 0.6) is 11.5 Å². The molecule has 0 unspecified atom stereocenters. The molecule has 0 aromatic heterocycles. The molecule has 3 aromatic carbocycles. The van der Waals surface area contributed by atoms with Crippen molar-refractivity contribution < 1.29 is 23.0 Å². The molecule has 0 spiro atoms. The summed E-state index contributed by atoms with van der Waals surface area (Å²) < 4.78 is 39.0. The molecule has 3 aromatic rings. The lowest BCUT2D eigenvalue weighted by atomic mass is 9.90. The number of nitrogens with zero attached hydrogens (tertiary/aromatic N) is 3. The standard InChI is InChI=1S/C31H33Cl2F2N3O3/c1-36(18-20-12-24(32)28(40-2)26(34)14-20)30(39)31(16-22-6-4-5-7-23(22)17-31)38-10-8-37(9-11-38)19-21-13-25(33)29(41-3)27(35)15-21/h4-7,12-15H,8-11,16-19H2,1-3H3. The first-order valence-corrected chi connectivity index (χ1v) is 14.2. The van der Waals surface area contributed by atoms with Crippen LogP contribution < -0.4 is 9.47 Å². The second kappa shape index (κ2) is 12.1. The maximum absolute atomic E-state index is 14.5. The monoisotopic (exact) mass is 603 g/mol. The molecule has 1 fully saturated rings. The molecule has 0 bridgehead atoms. The topological polar surface area (TPSA) is 45.2 Å². The van der Waals surface area contributed by atoms with Crippen molar-refractivity contribution >= 4 is 29.1 Å². The van der Waals surface area contributed by atoms with E-state index in [9.17, 15) is 13.6 Å². The molecule has 1 aliphatic heterocycles. The Labute approximate surface area is 249 Å². The highest BCUT2D eigenvalue weighted by Crippen LogP contribution is 2.38. The van der Waals surface area contributed by atoms with E-state index in [1.165, 1.54) is 37.5 Å².